The zero-order chi connectivity index (χ0) is 79.4. The first-order chi connectivity index (χ1) is 54.1. The minimum Gasteiger partial charge on any atom is -0.412 e. The second kappa shape index (κ2) is 80.0. The largest absolute Gasteiger partial charge is 2.00 e. The van der Waals surface area contributed by atoms with Gasteiger partial charge in [-0.1, -0.05) is 27.1 Å². The maximum Gasteiger partial charge on any atom is 2.00 e. The predicted octanol–water partition coefficient (Wildman–Crippen LogP) is -1.74. The molecule has 14 heterocycles. The van der Waals surface area contributed by atoms with Crippen molar-refractivity contribution < 1.29 is 250 Å². The summed E-state index contributed by atoms with van der Waals surface area (Å²) in [5, 5.41) is 59.0. The summed E-state index contributed by atoms with van der Waals surface area (Å²) in [5.41, 5.74) is 0. The van der Waals surface area contributed by atoms with Crippen LogP contribution in [0.2, 0.25) is 0 Å². The van der Waals surface area contributed by atoms with Gasteiger partial charge in [0.25, 0.3) is 0 Å². The second-order valence-electron chi connectivity index (χ2n) is 19.7. The minimum atomic E-state index is -4.03. The summed E-state index contributed by atoms with van der Waals surface area (Å²) >= 11 is 0. The molecule has 0 spiro atoms. The van der Waals surface area contributed by atoms with Gasteiger partial charge in [-0.15, -0.1) is 0 Å². The first-order valence-corrected chi connectivity index (χ1v) is 39.5. The Balaban J connectivity index is -0.000000113. The molecule has 76 heteroatoms. The molecule has 2 aliphatic rings. The third kappa shape index (κ3) is 54.0. The molecule has 0 radical (unpaired) electrons. The van der Waals surface area contributed by atoms with Crippen LogP contribution in [-0.2, 0) is 54.6 Å². The monoisotopic (exact) mass is 2270 g/mol. The van der Waals surface area contributed by atoms with Crippen molar-refractivity contribution in [1.82, 2.24) is 59.8 Å². The van der Waals surface area contributed by atoms with Crippen LogP contribution in [-0.4, -0.2) is 201 Å². The van der Waals surface area contributed by atoms with Gasteiger partial charge in [0.15, 0.2) is 0 Å². The van der Waals surface area contributed by atoms with E-state index in [1.165, 1.54) is 74.4 Å². The van der Waals surface area contributed by atoms with Crippen LogP contribution in [0.5, 0.6) is 69.0 Å². The van der Waals surface area contributed by atoms with E-state index in [2.05, 4.69) is 59.8 Å². The summed E-state index contributed by atoms with van der Waals surface area (Å²) in [6.07, 6.45) is 37.2. The first kappa shape index (κ1) is 159. The van der Waals surface area contributed by atoms with E-state index in [9.17, 15) is 0 Å². The predicted molar refractivity (Wildman–Crippen MR) is 475 cm³/mol. The number of aromatic nitrogens is 12. The van der Waals surface area contributed by atoms with Crippen LogP contribution in [0.1, 0.15) is 0 Å². The van der Waals surface area contributed by atoms with Gasteiger partial charge in [0.05, 0.1) is 94.7 Å². The smallest absolute Gasteiger partial charge is 0.412 e. The molecule has 12 aromatic heterocycles. The van der Waals surface area contributed by atoms with E-state index in [-0.39, 0.29) is 244 Å². The Morgan fingerprint density at radius 1 is 0.162 bits per heavy atom. The third-order valence-corrected chi connectivity index (χ3v) is 27.9. The summed E-state index contributed by atoms with van der Waals surface area (Å²) in [4.78, 5) is 83.5. The fourth-order valence-corrected chi connectivity index (χ4v) is 25.9. The number of rotatable bonds is 24. The topological polar surface area (TPSA) is 1300 Å². The van der Waals surface area contributed by atoms with Gasteiger partial charge in [-0.25, -0.2) is 0 Å². The van der Waals surface area contributed by atoms with Crippen LogP contribution in [0.25, 0.3) is 0 Å². The molecule has 0 saturated heterocycles. The Kier molecular flexibility index (Phi) is 93.9. The van der Waals surface area contributed by atoms with E-state index < -0.39 is 66.3 Å². The maximum atomic E-state index is 8.25. The third-order valence-electron chi connectivity index (χ3n) is 11.7. The summed E-state index contributed by atoms with van der Waals surface area (Å²) in [7, 11) is -24.2. The van der Waals surface area contributed by atoms with Crippen LogP contribution in [0.15, 0.2) is 321 Å². The molecule has 0 amide bonds. The zero-order valence-electron chi connectivity index (χ0n) is 68.4. The molecule has 0 unspecified atom stereocenters. The van der Waals surface area contributed by atoms with Gasteiger partial charge in [0.2, 0.25) is 0 Å². The SMILES string of the molecule is O.O.O.O.O.O.O.O.O.O.O.O.O.O.O.O.O.O.O.O.O.O.O=[N+]([O-])[O-].O=[N+]([O-])[O-].O=[N+]([O-])[O-].O=[N+]([O-])[O-].[Cd+2].[Cd+2].c1cncc(OP2(Oc3cccnc3)=NP(Oc3cccnc3)(Oc3cccnc3)=NP(Oc3cccnc3)(Oc3cccnc3)=N2)c1.c1cncc(OP2(Oc3cccnc3)=NP(Oc3cccnc3)(Oc3cccnc3)=NP(Oc3cccnc3)(Oc3cccnc3)=N2)c1. The molecule has 0 aromatic carbocycles. The average molecular weight is 2270 g/mol. The molecule has 68 nitrogen and oxygen atoms in total. The number of nitrogens with zero attached hydrogens (tertiary/aromatic N) is 22. The van der Waals surface area contributed by atoms with E-state index in [0.717, 1.165) is 0 Å². The molecule has 0 saturated carbocycles. The number of hydrogen-bond donors (Lipinski definition) is 0. The average Bonchev–Trinajstić information content (AvgIpc) is 0.735. The van der Waals surface area contributed by atoms with Gasteiger partial charge in [0, 0.05) is 74.4 Å². The molecule has 12 aromatic rings. The van der Waals surface area contributed by atoms with Crippen molar-refractivity contribution in [1.29, 1.82) is 0 Å². The van der Waals surface area contributed by atoms with Crippen molar-refractivity contribution in [2.45, 2.75) is 0 Å². The Morgan fingerprint density at radius 3 is 0.279 bits per heavy atom. The van der Waals surface area contributed by atoms with Crippen LogP contribution in [0, 0.1) is 61.3 Å². The van der Waals surface area contributed by atoms with E-state index in [1.54, 1.807) is 220 Å². The van der Waals surface area contributed by atoms with Crippen LogP contribution >= 0.6 is 46.0 Å². The van der Waals surface area contributed by atoms with Crippen molar-refractivity contribution in [3.63, 3.8) is 0 Å². The Labute approximate surface area is 802 Å². The molecule has 0 aliphatic carbocycles. The molecule has 136 heavy (non-hydrogen) atoms. The summed E-state index contributed by atoms with van der Waals surface area (Å²) in [5.74, 6) is 3.40. The quantitative estimate of drug-likeness (QED) is 0.0280. The number of pyridine rings is 12. The van der Waals surface area contributed by atoms with Gasteiger partial charge in [-0.2, -0.15) is 0 Å². The molecule has 0 bridgehead atoms. The van der Waals surface area contributed by atoms with Crippen molar-refractivity contribution in [2.75, 3.05) is 0 Å². The normalized spacial score (nSPS) is 11.5. The molecule has 752 valence electrons. The van der Waals surface area contributed by atoms with Gasteiger partial charge in [0.1, 0.15) is 69.0 Å². The fraction of sp³-hybridized carbons (Fsp3) is 0. The van der Waals surface area contributed by atoms with Crippen molar-refractivity contribution in [2.24, 2.45) is 27.1 Å². The van der Waals surface area contributed by atoms with Gasteiger partial charge in [-0.05, 0) is 146 Å². The maximum absolute atomic E-state index is 8.25. The van der Waals surface area contributed by atoms with Crippen molar-refractivity contribution >= 4 is 46.0 Å². The fourth-order valence-electron chi connectivity index (χ4n) is 7.98. The Morgan fingerprint density at radius 2 is 0.228 bits per heavy atom. The van der Waals surface area contributed by atoms with Crippen LogP contribution in [0.3, 0.4) is 0 Å². The molecule has 14 rings (SSSR count). The molecule has 2 aliphatic heterocycles. The van der Waals surface area contributed by atoms with Gasteiger partial charge >= 0.3 is 101 Å². The van der Waals surface area contributed by atoms with E-state index in [4.69, 9.17) is 143 Å². The van der Waals surface area contributed by atoms with E-state index in [1.807, 2.05) is 0 Å². The van der Waals surface area contributed by atoms with Gasteiger partial charge in [-0.3, -0.25) is 59.8 Å². The second-order valence-corrected chi connectivity index (χ2v) is 32.1. The Hall–Kier alpha value is -13.5. The summed E-state index contributed by atoms with van der Waals surface area (Å²) in [6.45, 7) is 0. The molecule has 44 N–H and O–H groups in total. The van der Waals surface area contributed by atoms with E-state index in [0.29, 0.717) is 0 Å². The molecular weight excluding hydrogens is 2180 g/mol. The van der Waals surface area contributed by atoms with Gasteiger partial charge < -0.3 is 236 Å². The van der Waals surface area contributed by atoms with Crippen LogP contribution in [0.4, 0.5) is 0 Å². The molecule has 0 atom stereocenters. The molecular formula is C60H92Cd2N22O46P6. The minimum absolute atomic E-state index is 0. The summed E-state index contributed by atoms with van der Waals surface area (Å²) in [6, 6.07) is 40.6. The van der Waals surface area contributed by atoms with E-state index >= 15 is 0 Å². The zero-order valence-corrected chi connectivity index (χ0v) is 81.9. The number of hydrogen-bond acceptors (Lipinski definition) is 42. The standard InChI is InChI=1S/2C30H24N9O6P3.2Cd.4NO3.22H2O/c2*1-7-25(19-31-13-1)40-46(41-26-8-2-14-32-20-26)37-47(42-27-9-3-15-33-21-27,43-28-10-4-16-34-22-28)39-48(38-46,44-29-11-5-17-35-23-29)45-30-12-6-18-36-24-30;;;4*2-1(3)4;;;;;;;;;;;;;;;;;;;;;;/h2*1-24H;;;;;;;22*1H2/q;;2*+2;4*-1;;;;;;;;;;;;;;;;;;;;;;. The first-order valence-electron chi connectivity index (χ1n) is 30.4. The van der Waals surface area contributed by atoms with Crippen molar-refractivity contribution in [3.05, 3.63) is 356 Å². The Bertz CT molecular complexity index is 4240. The van der Waals surface area contributed by atoms with Crippen molar-refractivity contribution in [3.8, 4) is 69.0 Å². The van der Waals surface area contributed by atoms with Crippen LogP contribution < -0.4 is 54.3 Å². The molecule has 0 fully saturated rings. The summed E-state index contributed by atoms with van der Waals surface area (Å²) < 4.78 is 109.